The molecule has 1 unspecified atom stereocenters. The van der Waals surface area contributed by atoms with Gasteiger partial charge in [-0.2, -0.15) is 53.0 Å². The van der Waals surface area contributed by atoms with Crippen molar-refractivity contribution in [2.45, 2.75) is 35.7 Å². The SMILES string of the molecule is O=C1c2ccccc2C(Cc2ccccc2)N1OS(=O)(=O)C(F)(F)C(F)(F)C(F)(F)C(F)(F)F. The lowest BCUT2D eigenvalue weighted by molar-refractivity contribution is -0.383. The van der Waals surface area contributed by atoms with Crippen LogP contribution in [-0.2, 0) is 20.8 Å². The number of hydrogen-bond donors (Lipinski definition) is 0. The van der Waals surface area contributed by atoms with Gasteiger partial charge in [-0.25, -0.2) is 0 Å². The van der Waals surface area contributed by atoms with E-state index in [1.165, 1.54) is 42.5 Å². The van der Waals surface area contributed by atoms with Gasteiger partial charge in [-0.1, -0.05) is 48.5 Å². The summed E-state index contributed by atoms with van der Waals surface area (Å²) in [6.07, 6.45) is -7.54. The van der Waals surface area contributed by atoms with Crippen LogP contribution in [0.25, 0.3) is 0 Å². The quantitative estimate of drug-likeness (QED) is 0.475. The second-order valence-electron chi connectivity index (χ2n) is 7.12. The molecule has 0 aromatic heterocycles. The van der Waals surface area contributed by atoms with Crippen LogP contribution < -0.4 is 0 Å². The topological polar surface area (TPSA) is 63.7 Å². The average Bonchev–Trinajstić information content (AvgIpc) is 2.99. The highest BCUT2D eigenvalue weighted by Gasteiger charge is 2.86. The number of rotatable bonds is 7. The van der Waals surface area contributed by atoms with Crippen LogP contribution in [0, 0.1) is 0 Å². The van der Waals surface area contributed by atoms with Gasteiger partial charge in [0.05, 0.1) is 6.04 Å². The third-order valence-corrected chi connectivity index (χ3v) is 6.15. The van der Waals surface area contributed by atoms with Crippen molar-refractivity contribution >= 4 is 16.0 Å². The molecule has 0 saturated heterocycles. The molecule has 0 fully saturated rings. The van der Waals surface area contributed by atoms with Crippen LogP contribution in [0.2, 0.25) is 0 Å². The molecule has 1 amide bonds. The van der Waals surface area contributed by atoms with Crippen LogP contribution in [0.15, 0.2) is 54.6 Å². The average molecular weight is 521 g/mol. The summed E-state index contributed by atoms with van der Waals surface area (Å²) in [6, 6.07) is 11.1. The summed E-state index contributed by atoms with van der Waals surface area (Å²) in [5.41, 5.74) is 0.125. The molecule has 0 saturated carbocycles. The second kappa shape index (κ2) is 8.15. The number of hydroxylamine groups is 2. The molecule has 5 nitrogen and oxygen atoms in total. The van der Waals surface area contributed by atoms with Crippen LogP contribution in [0.5, 0.6) is 0 Å². The van der Waals surface area contributed by atoms with E-state index in [-0.39, 0.29) is 22.6 Å². The van der Waals surface area contributed by atoms with Gasteiger partial charge in [0, 0.05) is 5.56 Å². The molecule has 0 aliphatic carbocycles. The normalized spacial score (nSPS) is 17.7. The van der Waals surface area contributed by atoms with Gasteiger partial charge < -0.3 is 0 Å². The number of carbonyl (C=O) groups excluding carboxylic acids is 1. The monoisotopic (exact) mass is 521 g/mol. The van der Waals surface area contributed by atoms with Crippen LogP contribution >= 0.6 is 0 Å². The standard InChI is InChI=1S/C19H12F9NO4S/c20-16(21,18(24,25)26)17(22,23)19(27,28)34(31,32)33-29-14(10-11-6-2-1-3-7-11)12-8-4-5-9-13(12)15(29)30/h1-9,14H,10H2. The van der Waals surface area contributed by atoms with Crippen LogP contribution in [0.3, 0.4) is 0 Å². The van der Waals surface area contributed by atoms with Crippen LogP contribution in [-0.4, -0.2) is 42.7 Å². The Morgan fingerprint density at radius 2 is 1.32 bits per heavy atom. The number of carbonyl (C=O) groups is 1. The molecule has 2 aromatic carbocycles. The van der Waals surface area contributed by atoms with Crippen LogP contribution in [0.4, 0.5) is 39.5 Å². The van der Waals surface area contributed by atoms with Crippen molar-refractivity contribution in [3.05, 3.63) is 71.3 Å². The molecular formula is C19H12F9NO4S. The minimum absolute atomic E-state index is 0.0160. The summed E-state index contributed by atoms with van der Waals surface area (Å²) < 4.78 is 147. The van der Waals surface area contributed by atoms with E-state index in [4.69, 9.17) is 0 Å². The Hall–Kier alpha value is -2.81. The number of alkyl halides is 9. The summed E-state index contributed by atoms with van der Waals surface area (Å²) >= 11 is 0. The summed E-state index contributed by atoms with van der Waals surface area (Å²) in [5, 5.41) is -7.35. The summed E-state index contributed by atoms with van der Waals surface area (Å²) in [6.45, 7) is 0. The van der Waals surface area contributed by atoms with E-state index in [1.807, 2.05) is 0 Å². The third kappa shape index (κ3) is 3.89. The van der Waals surface area contributed by atoms with E-state index in [1.54, 1.807) is 6.07 Å². The van der Waals surface area contributed by atoms with Crippen molar-refractivity contribution in [2.75, 3.05) is 0 Å². The molecule has 34 heavy (non-hydrogen) atoms. The first-order valence-corrected chi connectivity index (χ1v) is 10.5. The maximum atomic E-state index is 14.1. The molecule has 186 valence electrons. The van der Waals surface area contributed by atoms with Crippen molar-refractivity contribution in [3.8, 4) is 0 Å². The Bertz CT molecular complexity index is 1180. The highest BCUT2D eigenvalue weighted by Crippen LogP contribution is 2.55. The first-order chi connectivity index (χ1) is 15.5. The fraction of sp³-hybridized carbons (Fsp3) is 0.316. The maximum Gasteiger partial charge on any atom is 0.460 e. The number of amides is 1. The molecule has 1 aliphatic rings. The minimum atomic E-state index is -7.48. The van der Waals surface area contributed by atoms with Crippen molar-refractivity contribution in [1.82, 2.24) is 5.06 Å². The zero-order valence-corrected chi connectivity index (χ0v) is 17.2. The van der Waals surface area contributed by atoms with Gasteiger partial charge in [0.25, 0.3) is 5.91 Å². The lowest BCUT2D eigenvalue weighted by Gasteiger charge is -2.33. The zero-order chi connectivity index (χ0) is 25.7. The number of benzene rings is 2. The Morgan fingerprint density at radius 3 is 1.88 bits per heavy atom. The first kappa shape index (κ1) is 25.8. The molecule has 15 heteroatoms. The highest BCUT2D eigenvalue weighted by molar-refractivity contribution is 7.87. The molecular weight excluding hydrogens is 509 g/mol. The van der Waals surface area contributed by atoms with Crippen molar-refractivity contribution in [1.29, 1.82) is 0 Å². The van der Waals surface area contributed by atoms with Crippen molar-refractivity contribution in [3.63, 3.8) is 0 Å². The van der Waals surface area contributed by atoms with E-state index in [0.29, 0.717) is 5.56 Å². The van der Waals surface area contributed by atoms with E-state index >= 15 is 0 Å². The van der Waals surface area contributed by atoms with Gasteiger partial charge in [-0.05, 0) is 23.6 Å². The summed E-state index contributed by atoms with van der Waals surface area (Å²) in [5.74, 6) is -16.4. The maximum absolute atomic E-state index is 14.1. The smallest absolute Gasteiger partial charge is 0.267 e. The number of fused-ring (bicyclic) bond motifs is 1. The van der Waals surface area contributed by atoms with Gasteiger partial charge in [0.15, 0.2) is 0 Å². The Balaban J connectivity index is 2.02. The minimum Gasteiger partial charge on any atom is -0.267 e. The van der Waals surface area contributed by atoms with Gasteiger partial charge >= 0.3 is 33.4 Å². The molecule has 0 N–H and O–H groups in total. The number of hydrogen-bond acceptors (Lipinski definition) is 4. The number of halogens is 9. The van der Waals surface area contributed by atoms with Crippen LogP contribution in [0.1, 0.15) is 27.5 Å². The number of nitrogens with zero attached hydrogens (tertiary/aromatic N) is 1. The molecule has 1 atom stereocenters. The lowest BCUT2D eigenvalue weighted by atomic mass is 9.99. The molecule has 2 aromatic rings. The Labute approximate surface area is 185 Å². The Kier molecular flexibility index (Phi) is 6.18. The third-order valence-electron chi connectivity index (χ3n) is 4.91. The molecule has 3 rings (SSSR count). The van der Waals surface area contributed by atoms with Gasteiger partial charge in [0.1, 0.15) is 0 Å². The van der Waals surface area contributed by atoms with Crippen molar-refractivity contribution in [2.24, 2.45) is 0 Å². The fourth-order valence-electron chi connectivity index (χ4n) is 3.16. The lowest BCUT2D eigenvalue weighted by Crippen LogP contribution is -2.63. The Morgan fingerprint density at radius 1 is 0.794 bits per heavy atom. The van der Waals surface area contributed by atoms with Gasteiger partial charge in [0.2, 0.25) is 0 Å². The van der Waals surface area contributed by atoms with Gasteiger partial charge in [-0.15, -0.1) is 4.28 Å². The van der Waals surface area contributed by atoms with E-state index in [9.17, 15) is 52.7 Å². The largest absolute Gasteiger partial charge is 0.460 e. The van der Waals surface area contributed by atoms with Crippen molar-refractivity contribution < 1.29 is 57.0 Å². The zero-order valence-electron chi connectivity index (χ0n) is 16.4. The molecule has 0 bridgehead atoms. The highest BCUT2D eigenvalue weighted by atomic mass is 32.2. The fourth-order valence-corrected chi connectivity index (χ4v) is 4.07. The first-order valence-electron chi connectivity index (χ1n) is 9.06. The molecule has 0 radical (unpaired) electrons. The van der Waals surface area contributed by atoms with E-state index < -0.39 is 45.3 Å². The molecule has 1 aliphatic heterocycles. The van der Waals surface area contributed by atoms with E-state index in [2.05, 4.69) is 4.28 Å². The molecule has 0 spiro atoms. The molecule has 1 heterocycles. The predicted octanol–water partition coefficient (Wildman–Crippen LogP) is 5.11. The predicted molar refractivity (Wildman–Crippen MR) is 96.4 cm³/mol. The summed E-state index contributed by atoms with van der Waals surface area (Å²) in [7, 11) is -7.28. The van der Waals surface area contributed by atoms with Gasteiger partial charge in [-0.3, -0.25) is 4.79 Å². The summed E-state index contributed by atoms with van der Waals surface area (Å²) in [4.78, 5) is 12.6. The second-order valence-corrected chi connectivity index (χ2v) is 8.69. The van der Waals surface area contributed by atoms with E-state index in [0.717, 1.165) is 6.07 Å².